The highest BCUT2D eigenvalue weighted by atomic mass is 19.4. The Morgan fingerprint density at radius 3 is 1.71 bits per heavy atom. The number of H-pyrrole nitrogens is 1. The molecule has 2 aliphatic rings. The molecule has 2 aromatic heterocycles. The summed E-state index contributed by atoms with van der Waals surface area (Å²) in [7, 11) is 2.09. The Bertz CT molecular complexity index is 1210. The Morgan fingerprint density at radius 1 is 0.844 bits per heavy atom. The number of hydrogen-bond acceptors (Lipinski definition) is 8. The Hall–Kier alpha value is -4.34. The third kappa shape index (κ3) is 13.5. The molecule has 13 nitrogen and oxygen atoms in total. The number of nitrogens with one attached hydrogen (secondary N) is 1. The van der Waals surface area contributed by atoms with Crippen molar-refractivity contribution < 1.29 is 78.4 Å². The van der Waals surface area contributed by atoms with Crippen LogP contribution in [0.3, 0.4) is 0 Å². The largest absolute Gasteiger partial charge is 0.490 e. The third-order valence-corrected chi connectivity index (χ3v) is 5.69. The summed E-state index contributed by atoms with van der Waals surface area (Å²) >= 11 is 0. The first-order chi connectivity index (χ1) is 20.5. The summed E-state index contributed by atoms with van der Waals surface area (Å²) in [6, 6.07) is 3.89. The van der Waals surface area contributed by atoms with Gasteiger partial charge in [0.15, 0.2) is 5.69 Å². The van der Waals surface area contributed by atoms with Gasteiger partial charge >= 0.3 is 36.4 Å². The smallest absolute Gasteiger partial charge is 0.475 e. The number of carbonyl (C=O) groups excluding carboxylic acids is 1. The number of aromatic amines is 1. The van der Waals surface area contributed by atoms with Gasteiger partial charge in [0, 0.05) is 56.9 Å². The maximum absolute atomic E-state index is 12.9. The molecule has 0 bridgehead atoms. The second-order valence-corrected chi connectivity index (χ2v) is 9.07. The van der Waals surface area contributed by atoms with Gasteiger partial charge in [0.1, 0.15) is 5.76 Å². The number of amides is 1. The van der Waals surface area contributed by atoms with Gasteiger partial charge in [-0.3, -0.25) is 14.8 Å². The number of halogens is 9. The number of carboxylic acid groups (broad SMARTS) is 3. The molecule has 1 saturated heterocycles. The van der Waals surface area contributed by atoms with Crippen molar-refractivity contribution in [2.24, 2.45) is 0 Å². The molecule has 1 amide bonds. The van der Waals surface area contributed by atoms with E-state index in [1.54, 1.807) is 6.26 Å². The van der Waals surface area contributed by atoms with Crippen LogP contribution in [0.5, 0.6) is 0 Å². The number of hydrogen-bond donors (Lipinski definition) is 4. The van der Waals surface area contributed by atoms with Crippen molar-refractivity contribution >= 4 is 23.8 Å². The fraction of sp³-hybridized carbons (Fsp3) is 0.522. The number of carbonyl (C=O) groups is 4. The molecule has 0 aliphatic carbocycles. The molecule has 0 aromatic carbocycles. The van der Waals surface area contributed by atoms with Gasteiger partial charge in [0.2, 0.25) is 0 Å². The number of fused-ring (bicyclic) bond motifs is 1. The van der Waals surface area contributed by atoms with Crippen molar-refractivity contribution in [2.75, 3.05) is 39.8 Å². The minimum Gasteiger partial charge on any atom is -0.475 e. The Labute approximate surface area is 246 Å². The molecule has 0 atom stereocenters. The van der Waals surface area contributed by atoms with Crippen LogP contribution in [-0.4, -0.2) is 122 Å². The lowest BCUT2D eigenvalue weighted by Crippen LogP contribution is -2.47. The molecular formula is C23H26F9N5O8. The van der Waals surface area contributed by atoms with Gasteiger partial charge in [-0.25, -0.2) is 14.4 Å². The lowest BCUT2D eigenvalue weighted by molar-refractivity contribution is -0.193. The molecule has 254 valence electrons. The van der Waals surface area contributed by atoms with Gasteiger partial charge in [-0.1, -0.05) is 0 Å². The molecule has 4 N–H and O–H groups in total. The van der Waals surface area contributed by atoms with Crippen LogP contribution in [0.1, 0.15) is 27.5 Å². The van der Waals surface area contributed by atoms with E-state index in [-0.39, 0.29) is 5.91 Å². The normalized spacial score (nSPS) is 15.6. The molecule has 0 spiro atoms. The van der Waals surface area contributed by atoms with Crippen molar-refractivity contribution in [1.29, 1.82) is 0 Å². The summed E-state index contributed by atoms with van der Waals surface area (Å²) < 4.78 is 101. The SMILES string of the molecule is CN1CCN(C(=O)c2n[nH]c3c2CN(Cc2ccco2)CC3)CC1.O=C(O)C(F)(F)F.O=C(O)C(F)(F)F.O=C(O)C(F)(F)F. The van der Waals surface area contributed by atoms with Gasteiger partial charge in [-0.05, 0) is 19.2 Å². The number of nitrogens with zero attached hydrogens (tertiary/aromatic N) is 4. The summed E-state index contributed by atoms with van der Waals surface area (Å²) in [6.45, 7) is 5.82. The summed E-state index contributed by atoms with van der Waals surface area (Å²) in [5.41, 5.74) is 2.75. The minimum absolute atomic E-state index is 0.0560. The zero-order valence-electron chi connectivity index (χ0n) is 23.0. The van der Waals surface area contributed by atoms with Crippen molar-refractivity contribution in [3.05, 3.63) is 41.1 Å². The van der Waals surface area contributed by atoms with Crippen molar-refractivity contribution in [1.82, 2.24) is 24.9 Å². The number of aromatic nitrogens is 2. The van der Waals surface area contributed by atoms with Gasteiger partial charge in [0.05, 0.1) is 12.8 Å². The molecule has 22 heteroatoms. The Balaban J connectivity index is 0.000000396. The van der Waals surface area contributed by atoms with Crippen LogP contribution in [0.2, 0.25) is 0 Å². The summed E-state index contributed by atoms with van der Waals surface area (Å²) in [5.74, 6) is -7.26. The van der Waals surface area contributed by atoms with Crippen molar-refractivity contribution in [3.63, 3.8) is 0 Å². The van der Waals surface area contributed by atoms with Gasteiger partial charge in [-0.15, -0.1) is 0 Å². The maximum atomic E-state index is 12.9. The zero-order chi connectivity index (χ0) is 34.8. The standard InChI is InChI=1S/C17H23N5O2.3C2HF3O2/c1-20-6-8-22(9-7-20)17(23)16-14-12-21(5-4-15(14)18-19-16)11-13-3-2-10-24-13;3*3-2(4,5)1(6)7/h2-3,10H,4-9,11-12H2,1H3,(H,18,19);3*(H,6,7). The maximum Gasteiger partial charge on any atom is 0.490 e. The van der Waals surface area contributed by atoms with E-state index in [1.165, 1.54) is 0 Å². The summed E-state index contributed by atoms with van der Waals surface area (Å²) in [5, 5.41) is 28.8. The van der Waals surface area contributed by atoms with E-state index >= 15 is 0 Å². The first-order valence-corrected chi connectivity index (χ1v) is 12.2. The lowest BCUT2D eigenvalue weighted by atomic mass is 10.0. The van der Waals surface area contributed by atoms with Crippen LogP contribution in [0, 0.1) is 0 Å². The van der Waals surface area contributed by atoms with Crippen LogP contribution >= 0.6 is 0 Å². The fourth-order valence-corrected chi connectivity index (χ4v) is 3.45. The second kappa shape index (κ2) is 16.1. The fourth-order valence-electron chi connectivity index (χ4n) is 3.45. The molecule has 4 heterocycles. The van der Waals surface area contributed by atoms with E-state index in [4.69, 9.17) is 34.1 Å². The monoisotopic (exact) mass is 671 g/mol. The molecule has 4 rings (SSSR count). The van der Waals surface area contributed by atoms with Crippen LogP contribution in [0.4, 0.5) is 39.5 Å². The number of alkyl halides is 9. The number of rotatable bonds is 3. The predicted molar refractivity (Wildman–Crippen MR) is 130 cm³/mol. The van der Waals surface area contributed by atoms with E-state index in [2.05, 4.69) is 27.0 Å². The molecule has 2 aliphatic heterocycles. The average Bonchev–Trinajstić information content (AvgIpc) is 3.58. The number of piperazine rings is 1. The molecule has 2 aromatic rings. The Morgan fingerprint density at radius 2 is 1.31 bits per heavy atom. The molecule has 0 saturated carbocycles. The average molecular weight is 671 g/mol. The summed E-state index contributed by atoms with van der Waals surface area (Å²) in [6.07, 6.45) is -12.7. The number of likely N-dealkylation sites (N-methyl/N-ethyl adjacent to an activating group) is 1. The van der Waals surface area contributed by atoms with Crippen LogP contribution < -0.4 is 0 Å². The zero-order valence-corrected chi connectivity index (χ0v) is 23.0. The topological polar surface area (TPSA) is 181 Å². The first kappa shape index (κ1) is 38.7. The Kier molecular flexibility index (Phi) is 13.8. The molecule has 0 radical (unpaired) electrons. The van der Waals surface area contributed by atoms with E-state index in [0.717, 1.165) is 69.3 Å². The van der Waals surface area contributed by atoms with E-state index < -0.39 is 36.4 Å². The van der Waals surface area contributed by atoms with Crippen LogP contribution in [0.15, 0.2) is 22.8 Å². The quantitative estimate of drug-likeness (QED) is 0.353. The highest BCUT2D eigenvalue weighted by Gasteiger charge is 2.39. The number of aliphatic carboxylic acids is 3. The van der Waals surface area contributed by atoms with Gasteiger partial charge in [0.25, 0.3) is 5.91 Å². The third-order valence-electron chi connectivity index (χ3n) is 5.69. The minimum atomic E-state index is -5.08. The van der Waals surface area contributed by atoms with Crippen molar-refractivity contribution in [3.8, 4) is 0 Å². The summed E-state index contributed by atoms with van der Waals surface area (Å²) in [4.78, 5) is 46.0. The number of carboxylic acids is 3. The van der Waals surface area contributed by atoms with E-state index in [0.29, 0.717) is 5.69 Å². The molecule has 1 fully saturated rings. The molecule has 45 heavy (non-hydrogen) atoms. The highest BCUT2D eigenvalue weighted by molar-refractivity contribution is 5.94. The van der Waals surface area contributed by atoms with Gasteiger partial charge in [-0.2, -0.15) is 44.6 Å². The van der Waals surface area contributed by atoms with Crippen LogP contribution in [0.25, 0.3) is 0 Å². The van der Waals surface area contributed by atoms with E-state index in [1.807, 2.05) is 17.0 Å². The van der Waals surface area contributed by atoms with Gasteiger partial charge < -0.3 is 29.5 Å². The first-order valence-electron chi connectivity index (χ1n) is 12.2. The number of furan rings is 1. The molecule has 0 unspecified atom stereocenters. The highest BCUT2D eigenvalue weighted by Crippen LogP contribution is 2.23. The van der Waals surface area contributed by atoms with Crippen LogP contribution in [-0.2, 0) is 33.9 Å². The van der Waals surface area contributed by atoms with E-state index in [9.17, 15) is 44.3 Å². The molecular weight excluding hydrogens is 645 g/mol. The second-order valence-electron chi connectivity index (χ2n) is 9.07. The predicted octanol–water partition coefficient (Wildman–Crippen LogP) is 2.85. The van der Waals surface area contributed by atoms with Crippen molar-refractivity contribution in [2.45, 2.75) is 38.0 Å². The lowest BCUT2D eigenvalue weighted by Gasteiger charge is -2.32.